The Morgan fingerprint density at radius 3 is 3.15 bits per heavy atom. The number of terminal acetylenes is 1. The highest BCUT2D eigenvalue weighted by Crippen LogP contribution is 2.01. The van der Waals surface area contributed by atoms with Crippen LogP contribution in [0.1, 0.15) is 10.4 Å². The monoisotopic (exact) mass is 178 g/mol. The predicted octanol–water partition coefficient (Wildman–Crippen LogP) is 0.584. The summed E-state index contributed by atoms with van der Waals surface area (Å²) in [6, 6.07) is 2.82. The van der Waals surface area contributed by atoms with Gasteiger partial charge < -0.3 is 5.32 Å². The molecule has 1 aromatic heterocycles. The van der Waals surface area contributed by atoms with Gasteiger partial charge in [-0.15, -0.1) is 6.42 Å². The van der Waals surface area contributed by atoms with Crippen LogP contribution in [0.15, 0.2) is 18.3 Å². The molecular formula is C9H7FN2O. The van der Waals surface area contributed by atoms with E-state index in [-0.39, 0.29) is 12.1 Å². The molecule has 0 bridgehead atoms. The minimum Gasteiger partial charge on any atom is -0.341 e. The zero-order chi connectivity index (χ0) is 9.68. The summed E-state index contributed by atoms with van der Waals surface area (Å²) in [5, 5.41) is 2.33. The van der Waals surface area contributed by atoms with Crippen LogP contribution < -0.4 is 5.32 Å². The minimum absolute atomic E-state index is 0.0766. The first-order valence-corrected chi connectivity index (χ1v) is 3.58. The second-order valence-electron chi connectivity index (χ2n) is 2.23. The SMILES string of the molecule is C#CCNC(=O)c1cccnc1F. The van der Waals surface area contributed by atoms with E-state index in [2.05, 4.69) is 16.2 Å². The molecule has 1 heterocycles. The van der Waals surface area contributed by atoms with Crippen molar-refractivity contribution in [1.29, 1.82) is 0 Å². The van der Waals surface area contributed by atoms with Crippen LogP contribution in [0.2, 0.25) is 0 Å². The zero-order valence-electron chi connectivity index (χ0n) is 6.75. The van der Waals surface area contributed by atoms with Gasteiger partial charge in [0.25, 0.3) is 5.91 Å². The Morgan fingerprint density at radius 1 is 1.77 bits per heavy atom. The van der Waals surface area contributed by atoms with Gasteiger partial charge in [0.2, 0.25) is 5.95 Å². The van der Waals surface area contributed by atoms with Crippen LogP contribution in [0.5, 0.6) is 0 Å². The molecule has 0 radical (unpaired) electrons. The third kappa shape index (κ3) is 2.27. The summed E-state index contributed by atoms with van der Waals surface area (Å²) in [7, 11) is 0. The average Bonchev–Trinajstić information content (AvgIpc) is 2.15. The molecule has 0 saturated heterocycles. The number of hydrogen-bond donors (Lipinski definition) is 1. The number of amides is 1. The van der Waals surface area contributed by atoms with E-state index in [4.69, 9.17) is 6.42 Å². The molecule has 0 atom stereocenters. The first kappa shape index (κ1) is 9.20. The second-order valence-corrected chi connectivity index (χ2v) is 2.23. The highest BCUT2D eigenvalue weighted by molar-refractivity contribution is 5.94. The molecule has 0 fully saturated rings. The van der Waals surface area contributed by atoms with E-state index < -0.39 is 11.9 Å². The summed E-state index contributed by atoms with van der Waals surface area (Å²) >= 11 is 0. The molecule has 0 aliphatic heterocycles. The van der Waals surface area contributed by atoms with Crippen LogP contribution in [0, 0.1) is 18.3 Å². The first-order valence-electron chi connectivity index (χ1n) is 3.58. The van der Waals surface area contributed by atoms with Gasteiger partial charge in [-0.25, -0.2) is 4.98 Å². The standard InChI is InChI=1S/C9H7FN2O/c1-2-5-12-9(13)7-4-3-6-11-8(7)10/h1,3-4,6H,5H2,(H,12,13). The van der Waals surface area contributed by atoms with Gasteiger partial charge in [0.15, 0.2) is 0 Å². The number of nitrogens with one attached hydrogen (secondary N) is 1. The summed E-state index contributed by atoms with van der Waals surface area (Å²) in [5.41, 5.74) is -0.0993. The van der Waals surface area contributed by atoms with Gasteiger partial charge in [-0.2, -0.15) is 4.39 Å². The molecule has 0 unspecified atom stereocenters. The lowest BCUT2D eigenvalue weighted by atomic mass is 10.2. The number of carbonyl (C=O) groups is 1. The van der Waals surface area contributed by atoms with Crippen molar-refractivity contribution in [1.82, 2.24) is 10.3 Å². The molecule has 66 valence electrons. The molecule has 0 aliphatic rings. The molecule has 1 amide bonds. The Hall–Kier alpha value is -1.89. The molecular weight excluding hydrogens is 171 g/mol. The largest absolute Gasteiger partial charge is 0.341 e. The van der Waals surface area contributed by atoms with Gasteiger partial charge in [-0.1, -0.05) is 5.92 Å². The Balaban J connectivity index is 2.78. The molecule has 13 heavy (non-hydrogen) atoms. The van der Waals surface area contributed by atoms with Gasteiger partial charge in [-0.05, 0) is 12.1 Å². The predicted molar refractivity (Wildman–Crippen MR) is 45.4 cm³/mol. The second kappa shape index (κ2) is 4.21. The molecule has 3 nitrogen and oxygen atoms in total. The fourth-order valence-corrected chi connectivity index (χ4v) is 0.782. The Kier molecular flexibility index (Phi) is 2.98. The molecule has 1 N–H and O–H groups in total. The third-order valence-electron chi connectivity index (χ3n) is 1.35. The molecule has 0 aliphatic carbocycles. The van der Waals surface area contributed by atoms with E-state index in [1.165, 1.54) is 18.3 Å². The van der Waals surface area contributed by atoms with Crippen LogP contribution in [0.3, 0.4) is 0 Å². The van der Waals surface area contributed by atoms with Crippen molar-refractivity contribution in [2.45, 2.75) is 0 Å². The van der Waals surface area contributed by atoms with E-state index in [1.807, 2.05) is 0 Å². The molecule has 1 rings (SSSR count). The number of nitrogens with zero attached hydrogens (tertiary/aromatic N) is 1. The van der Waals surface area contributed by atoms with Gasteiger partial charge in [0.1, 0.15) is 0 Å². The summed E-state index contributed by atoms with van der Waals surface area (Å²) in [6.45, 7) is 0.0766. The summed E-state index contributed by atoms with van der Waals surface area (Å²) in [5.74, 6) is 0.866. The minimum atomic E-state index is -0.794. The molecule has 0 spiro atoms. The number of halogens is 1. The van der Waals surface area contributed by atoms with Crippen molar-refractivity contribution in [3.8, 4) is 12.3 Å². The van der Waals surface area contributed by atoms with Crippen LogP contribution in [0.25, 0.3) is 0 Å². The maximum atomic E-state index is 12.8. The van der Waals surface area contributed by atoms with E-state index in [0.717, 1.165) is 0 Å². The van der Waals surface area contributed by atoms with Crippen LogP contribution in [0.4, 0.5) is 4.39 Å². The number of rotatable bonds is 2. The highest BCUT2D eigenvalue weighted by atomic mass is 19.1. The van der Waals surface area contributed by atoms with Gasteiger partial charge in [0, 0.05) is 6.20 Å². The molecule has 1 aromatic rings. The van der Waals surface area contributed by atoms with Crippen LogP contribution in [-0.2, 0) is 0 Å². The Bertz CT molecular complexity index is 357. The lowest BCUT2D eigenvalue weighted by Crippen LogP contribution is -2.24. The summed E-state index contributed by atoms with van der Waals surface area (Å²) in [4.78, 5) is 14.5. The number of aromatic nitrogens is 1. The van der Waals surface area contributed by atoms with Gasteiger partial charge >= 0.3 is 0 Å². The van der Waals surface area contributed by atoms with E-state index in [9.17, 15) is 9.18 Å². The topological polar surface area (TPSA) is 42.0 Å². The first-order chi connectivity index (χ1) is 6.25. The van der Waals surface area contributed by atoms with Crippen molar-refractivity contribution >= 4 is 5.91 Å². The van der Waals surface area contributed by atoms with Crippen molar-refractivity contribution < 1.29 is 9.18 Å². The van der Waals surface area contributed by atoms with Crippen molar-refractivity contribution in [2.75, 3.05) is 6.54 Å². The van der Waals surface area contributed by atoms with E-state index >= 15 is 0 Å². The fourth-order valence-electron chi connectivity index (χ4n) is 0.782. The molecule has 0 saturated carbocycles. The maximum absolute atomic E-state index is 12.8. The average molecular weight is 178 g/mol. The Labute approximate surface area is 75.0 Å². The lowest BCUT2D eigenvalue weighted by Gasteiger charge is -2.00. The smallest absolute Gasteiger partial charge is 0.256 e. The highest BCUT2D eigenvalue weighted by Gasteiger charge is 2.09. The van der Waals surface area contributed by atoms with Crippen molar-refractivity contribution in [3.05, 3.63) is 29.8 Å². The fraction of sp³-hybridized carbons (Fsp3) is 0.111. The normalized spacial score (nSPS) is 8.92. The summed E-state index contributed by atoms with van der Waals surface area (Å²) < 4.78 is 12.8. The zero-order valence-corrected chi connectivity index (χ0v) is 6.75. The van der Waals surface area contributed by atoms with Crippen molar-refractivity contribution in [3.63, 3.8) is 0 Å². The number of carbonyl (C=O) groups excluding carboxylic acids is 1. The molecule has 0 aromatic carbocycles. The number of pyridine rings is 1. The van der Waals surface area contributed by atoms with E-state index in [1.54, 1.807) is 0 Å². The lowest BCUT2D eigenvalue weighted by molar-refractivity contribution is 0.0954. The number of hydrogen-bond acceptors (Lipinski definition) is 2. The quantitative estimate of drug-likeness (QED) is 0.531. The van der Waals surface area contributed by atoms with Gasteiger partial charge in [-0.3, -0.25) is 4.79 Å². The van der Waals surface area contributed by atoms with Crippen molar-refractivity contribution in [2.24, 2.45) is 0 Å². The van der Waals surface area contributed by atoms with Gasteiger partial charge in [0.05, 0.1) is 12.1 Å². The van der Waals surface area contributed by atoms with E-state index in [0.29, 0.717) is 0 Å². The molecule has 4 heteroatoms. The third-order valence-corrected chi connectivity index (χ3v) is 1.35. The van der Waals surface area contributed by atoms with Crippen LogP contribution in [-0.4, -0.2) is 17.4 Å². The summed E-state index contributed by atoms with van der Waals surface area (Å²) in [6.07, 6.45) is 6.19. The maximum Gasteiger partial charge on any atom is 0.256 e. The van der Waals surface area contributed by atoms with Crippen LogP contribution >= 0.6 is 0 Å². The Morgan fingerprint density at radius 2 is 2.54 bits per heavy atom.